The van der Waals surface area contributed by atoms with Crippen molar-refractivity contribution in [3.8, 4) is 0 Å². The van der Waals surface area contributed by atoms with E-state index < -0.39 is 10.0 Å². The number of para-hydroxylation sites is 1. The number of sulfonamides is 1. The highest BCUT2D eigenvalue weighted by Gasteiger charge is 2.21. The normalized spacial score (nSPS) is 20.1. The number of nitrogens with zero attached hydrogens (tertiary/aromatic N) is 1. The number of hydrogen-bond donors (Lipinski definition) is 2. The van der Waals surface area contributed by atoms with Gasteiger partial charge in [0.25, 0.3) is 0 Å². The summed E-state index contributed by atoms with van der Waals surface area (Å²) in [6, 6.07) is 10.4. The molecule has 2 N–H and O–H groups in total. The quantitative estimate of drug-likeness (QED) is 0.833. The van der Waals surface area contributed by atoms with Crippen LogP contribution < -0.4 is 4.72 Å². The van der Waals surface area contributed by atoms with Crippen molar-refractivity contribution in [2.75, 3.05) is 32.5 Å². The molecule has 0 saturated carbocycles. The lowest BCUT2D eigenvalue weighted by molar-refractivity contribution is -0.0341. The highest BCUT2D eigenvalue weighted by atomic mass is 32.2. The Hall–Kier alpha value is -1.41. The molecular formula is C16H23N3O3S. The molecule has 0 spiro atoms. The third kappa shape index (κ3) is 4.78. The van der Waals surface area contributed by atoms with Crippen LogP contribution in [-0.2, 0) is 21.3 Å². The summed E-state index contributed by atoms with van der Waals surface area (Å²) in [6.45, 7) is 3.67. The predicted molar refractivity (Wildman–Crippen MR) is 90.8 cm³/mol. The van der Waals surface area contributed by atoms with Crippen molar-refractivity contribution in [2.24, 2.45) is 0 Å². The molecular weight excluding hydrogens is 314 g/mol. The van der Waals surface area contributed by atoms with Gasteiger partial charge >= 0.3 is 0 Å². The Morgan fingerprint density at radius 3 is 3.00 bits per heavy atom. The summed E-state index contributed by atoms with van der Waals surface area (Å²) in [7, 11) is -3.13. The van der Waals surface area contributed by atoms with Crippen molar-refractivity contribution >= 4 is 20.9 Å². The van der Waals surface area contributed by atoms with Crippen LogP contribution in [0.3, 0.4) is 0 Å². The van der Waals surface area contributed by atoms with Gasteiger partial charge in [0, 0.05) is 37.4 Å². The monoisotopic (exact) mass is 337 g/mol. The smallest absolute Gasteiger partial charge is 0.208 e. The standard InChI is InChI=1S/C16H23N3O3S/c1-23(20,21)17-7-6-15-12-19(8-9-22-15)11-14-10-13-4-2-3-5-16(13)18-14/h2-5,10,15,17-18H,6-9,11-12H2,1H3/t15-/m1/s1. The molecule has 0 radical (unpaired) electrons. The summed E-state index contributed by atoms with van der Waals surface area (Å²) in [4.78, 5) is 5.79. The molecule has 1 atom stereocenters. The first kappa shape index (κ1) is 16.4. The van der Waals surface area contributed by atoms with Gasteiger partial charge in [0.1, 0.15) is 0 Å². The zero-order chi connectivity index (χ0) is 16.3. The highest BCUT2D eigenvalue weighted by molar-refractivity contribution is 7.88. The van der Waals surface area contributed by atoms with Crippen LogP contribution >= 0.6 is 0 Å². The number of H-pyrrole nitrogens is 1. The zero-order valence-electron chi connectivity index (χ0n) is 13.3. The number of nitrogens with one attached hydrogen (secondary N) is 2. The highest BCUT2D eigenvalue weighted by Crippen LogP contribution is 2.17. The van der Waals surface area contributed by atoms with Crippen molar-refractivity contribution in [3.63, 3.8) is 0 Å². The van der Waals surface area contributed by atoms with E-state index in [4.69, 9.17) is 4.74 Å². The molecule has 126 valence electrons. The van der Waals surface area contributed by atoms with Crippen LogP contribution in [0.15, 0.2) is 30.3 Å². The number of hydrogen-bond acceptors (Lipinski definition) is 4. The van der Waals surface area contributed by atoms with Gasteiger partial charge in [-0.15, -0.1) is 0 Å². The van der Waals surface area contributed by atoms with E-state index in [9.17, 15) is 8.42 Å². The molecule has 1 saturated heterocycles. The Morgan fingerprint density at radius 1 is 1.39 bits per heavy atom. The van der Waals surface area contributed by atoms with Crippen molar-refractivity contribution in [1.29, 1.82) is 0 Å². The molecule has 1 aromatic carbocycles. The van der Waals surface area contributed by atoms with Gasteiger partial charge in [-0.3, -0.25) is 4.90 Å². The average Bonchev–Trinajstić information content (AvgIpc) is 2.88. The second kappa shape index (κ2) is 7.00. The van der Waals surface area contributed by atoms with E-state index in [2.05, 4.69) is 32.8 Å². The second-order valence-electron chi connectivity index (χ2n) is 6.06. The van der Waals surface area contributed by atoms with Crippen LogP contribution in [0.1, 0.15) is 12.1 Å². The number of aromatic nitrogens is 1. The van der Waals surface area contributed by atoms with Gasteiger partial charge in [-0.25, -0.2) is 13.1 Å². The minimum Gasteiger partial charge on any atom is -0.376 e. The molecule has 0 unspecified atom stereocenters. The molecule has 1 aromatic heterocycles. The summed E-state index contributed by atoms with van der Waals surface area (Å²) in [5.74, 6) is 0. The van der Waals surface area contributed by atoms with Gasteiger partial charge in [0.2, 0.25) is 10.0 Å². The first-order chi connectivity index (χ1) is 11.0. The maximum atomic E-state index is 11.1. The Kier molecular flexibility index (Phi) is 5.01. The van der Waals surface area contributed by atoms with Gasteiger partial charge in [0.15, 0.2) is 0 Å². The third-order valence-corrected chi connectivity index (χ3v) is 4.76. The molecule has 6 nitrogen and oxygen atoms in total. The van der Waals surface area contributed by atoms with Crippen LogP contribution in [0.2, 0.25) is 0 Å². The molecule has 1 aliphatic heterocycles. The van der Waals surface area contributed by atoms with E-state index >= 15 is 0 Å². The SMILES string of the molecule is CS(=O)(=O)NCC[C@@H]1CN(Cc2cc3ccccc3[nH]2)CCO1. The fourth-order valence-electron chi connectivity index (χ4n) is 2.96. The van der Waals surface area contributed by atoms with Crippen LogP contribution in [0.4, 0.5) is 0 Å². The van der Waals surface area contributed by atoms with Gasteiger partial charge in [-0.05, 0) is 23.9 Å². The van der Waals surface area contributed by atoms with E-state index in [1.54, 1.807) is 0 Å². The van der Waals surface area contributed by atoms with Gasteiger partial charge in [-0.1, -0.05) is 18.2 Å². The molecule has 0 amide bonds. The first-order valence-corrected chi connectivity index (χ1v) is 9.74. The molecule has 2 heterocycles. The van der Waals surface area contributed by atoms with Crippen LogP contribution in [0.25, 0.3) is 10.9 Å². The number of benzene rings is 1. The fraction of sp³-hybridized carbons (Fsp3) is 0.500. The topological polar surface area (TPSA) is 74.4 Å². The summed E-state index contributed by atoms with van der Waals surface area (Å²) in [5, 5.41) is 1.23. The summed E-state index contributed by atoms with van der Waals surface area (Å²) in [6.07, 6.45) is 1.94. The lowest BCUT2D eigenvalue weighted by atomic mass is 10.2. The molecule has 0 bridgehead atoms. The van der Waals surface area contributed by atoms with Crippen molar-refractivity contribution < 1.29 is 13.2 Å². The molecule has 23 heavy (non-hydrogen) atoms. The van der Waals surface area contributed by atoms with Crippen molar-refractivity contribution in [2.45, 2.75) is 19.1 Å². The van der Waals surface area contributed by atoms with Crippen molar-refractivity contribution in [1.82, 2.24) is 14.6 Å². The van der Waals surface area contributed by atoms with E-state index in [1.165, 1.54) is 17.3 Å². The molecule has 2 aromatic rings. The number of morpholine rings is 1. The van der Waals surface area contributed by atoms with E-state index in [-0.39, 0.29) is 6.10 Å². The molecule has 0 aliphatic carbocycles. The minimum atomic E-state index is -3.13. The first-order valence-electron chi connectivity index (χ1n) is 7.85. The number of aromatic amines is 1. The second-order valence-corrected chi connectivity index (χ2v) is 7.90. The predicted octanol–water partition coefficient (Wildman–Crippen LogP) is 1.31. The maximum Gasteiger partial charge on any atom is 0.208 e. The fourth-order valence-corrected chi connectivity index (χ4v) is 3.45. The molecule has 7 heteroatoms. The number of rotatable bonds is 6. The Labute approximate surface area is 136 Å². The minimum absolute atomic E-state index is 0.0716. The van der Waals surface area contributed by atoms with Gasteiger partial charge in [0.05, 0.1) is 19.0 Å². The van der Waals surface area contributed by atoms with Gasteiger partial charge in [-0.2, -0.15) is 0 Å². The van der Waals surface area contributed by atoms with Crippen LogP contribution in [0, 0.1) is 0 Å². The Bertz CT molecular complexity index is 724. The van der Waals surface area contributed by atoms with E-state index in [0.717, 1.165) is 25.2 Å². The molecule has 3 rings (SSSR count). The summed E-state index contributed by atoms with van der Waals surface area (Å²) >= 11 is 0. The lowest BCUT2D eigenvalue weighted by Gasteiger charge is -2.32. The van der Waals surface area contributed by atoms with E-state index in [0.29, 0.717) is 19.6 Å². The van der Waals surface area contributed by atoms with Gasteiger partial charge < -0.3 is 9.72 Å². The average molecular weight is 337 g/mol. The van der Waals surface area contributed by atoms with Crippen LogP contribution in [-0.4, -0.2) is 56.9 Å². The Morgan fingerprint density at radius 2 is 2.22 bits per heavy atom. The largest absolute Gasteiger partial charge is 0.376 e. The Balaban J connectivity index is 1.54. The maximum absolute atomic E-state index is 11.1. The number of ether oxygens (including phenoxy) is 1. The zero-order valence-corrected chi connectivity index (χ0v) is 14.1. The summed E-state index contributed by atoms with van der Waals surface area (Å²) in [5.41, 5.74) is 2.35. The van der Waals surface area contributed by atoms with Crippen molar-refractivity contribution in [3.05, 3.63) is 36.0 Å². The molecule has 1 fully saturated rings. The summed E-state index contributed by atoms with van der Waals surface area (Å²) < 4.78 is 30.4. The van der Waals surface area contributed by atoms with Crippen LogP contribution in [0.5, 0.6) is 0 Å². The third-order valence-electron chi connectivity index (χ3n) is 4.03. The van der Waals surface area contributed by atoms with E-state index in [1.807, 2.05) is 12.1 Å². The lowest BCUT2D eigenvalue weighted by Crippen LogP contribution is -2.43. The molecule has 1 aliphatic rings. The number of fused-ring (bicyclic) bond motifs is 1.